The third-order valence-electron chi connectivity index (χ3n) is 6.02. The molecule has 1 aromatic carbocycles. The summed E-state index contributed by atoms with van der Waals surface area (Å²) in [5.74, 6) is 0.496. The molecule has 2 fully saturated rings. The van der Waals surface area contributed by atoms with E-state index in [0.717, 1.165) is 31.1 Å². The second kappa shape index (κ2) is 8.45. The van der Waals surface area contributed by atoms with Crippen LogP contribution >= 0.6 is 0 Å². The Labute approximate surface area is 179 Å². The van der Waals surface area contributed by atoms with Gasteiger partial charge in [0, 0.05) is 56.9 Å². The van der Waals surface area contributed by atoms with E-state index in [1.54, 1.807) is 0 Å². The van der Waals surface area contributed by atoms with Crippen LogP contribution in [-0.2, 0) is 6.18 Å². The topological polar surface area (TPSA) is 52.6 Å². The van der Waals surface area contributed by atoms with Crippen LogP contribution < -0.4 is 4.90 Å². The first-order chi connectivity index (χ1) is 14.7. The van der Waals surface area contributed by atoms with Crippen molar-refractivity contribution in [1.29, 1.82) is 0 Å². The predicted octanol–water partition coefficient (Wildman–Crippen LogP) is 3.15. The number of aromatic nitrogens is 2. The molecule has 31 heavy (non-hydrogen) atoms. The number of aryl methyl sites for hydroxylation is 2. The zero-order valence-electron chi connectivity index (χ0n) is 17.7. The molecule has 0 spiro atoms. The molecule has 166 valence electrons. The van der Waals surface area contributed by atoms with Gasteiger partial charge in [0.25, 0.3) is 5.91 Å². The van der Waals surface area contributed by atoms with Crippen LogP contribution in [0.3, 0.4) is 0 Å². The van der Waals surface area contributed by atoms with Crippen molar-refractivity contribution < 1.29 is 18.0 Å². The first-order valence-electron chi connectivity index (χ1n) is 10.5. The molecule has 1 amide bonds. The Balaban J connectivity index is 1.35. The minimum Gasteiger partial charge on any atom is -0.355 e. The fraction of sp³-hybridized carbons (Fsp3) is 0.500. The molecule has 2 aromatic rings. The van der Waals surface area contributed by atoms with Gasteiger partial charge in [-0.25, -0.2) is 9.97 Å². The molecule has 1 atom stereocenters. The predicted molar refractivity (Wildman–Crippen MR) is 111 cm³/mol. The normalized spacial score (nSPS) is 20.4. The van der Waals surface area contributed by atoms with Crippen molar-refractivity contribution >= 4 is 11.7 Å². The zero-order valence-corrected chi connectivity index (χ0v) is 17.7. The third-order valence-corrected chi connectivity index (χ3v) is 6.02. The highest BCUT2D eigenvalue weighted by atomic mass is 19.4. The quantitative estimate of drug-likeness (QED) is 0.745. The highest BCUT2D eigenvalue weighted by Gasteiger charge is 2.36. The highest BCUT2D eigenvalue weighted by molar-refractivity contribution is 5.94. The van der Waals surface area contributed by atoms with E-state index in [2.05, 4.69) is 14.9 Å². The molecule has 0 saturated carbocycles. The van der Waals surface area contributed by atoms with Crippen molar-refractivity contribution in [3.63, 3.8) is 0 Å². The summed E-state index contributed by atoms with van der Waals surface area (Å²) in [5.41, 5.74) is 0.917. The van der Waals surface area contributed by atoms with E-state index in [4.69, 9.17) is 0 Å². The van der Waals surface area contributed by atoms with Crippen LogP contribution in [0.5, 0.6) is 0 Å². The number of rotatable bonds is 3. The fourth-order valence-corrected chi connectivity index (χ4v) is 4.28. The maximum absolute atomic E-state index is 13.1. The van der Waals surface area contributed by atoms with E-state index in [0.29, 0.717) is 37.6 Å². The summed E-state index contributed by atoms with van der Waals surface area (Å²) in [6.07, 6.45) is -3.63. The van der Waals surface area contributed by atoms with Gasteiger partial charge in [0.1, 0.15) is 17.3 Å². The number of nitrogens with zero attached hydrogens (tertiary/aromatic N) is 5. The number of benzene rings is 1. The van der Waals surface area contributed by atoms with Gasteiger partial charge in [-0.3, -0.25) is 9.69 Å². The van der Waals surface area contributed by atoms with Crippen molar-refractivity contribution in [1.82, 2.24) is 19.8 Å². The number of amides is 1. The second-order valence-corrected chi connectivity index (χ2v) is 8.24. The Kier molecular flexibility index (Phi) is 5.88. The number of alkyl halides is 3. The van der Waals surface area contributed by atoms with E-state index in [1.807, 2.05) is 41.0 Å². The van der Waals surface area contributed by atoms with Crippen LogP contribution in [0, 0.1) is 13.8 Å². The average Bonchev–Trinajstić information content (AvgIpc) is 3.23. The first-order valence-corrected chi connectivity index (χ1v) is 10.5. The third kappa shape index (κ3) is 4.81. The molecule has 0 bridgehead atoms. The number of piperazine rings is 1. The van der Waals surface area contributed by atoms with E-state index < -0.39 is 11.9 Å². The molecule has 3 heterocycles. The maximum atomic E-state index is 13.1. The Bertz CT molecular complexity index is 939. The highest BCUT2D eigenvalue weighted by Crippen LogP contribution is 2.31. The van der Waals surface area contributed by atoms with E-state index >= 15 is 0 Å². The van der Waals surface area contributed by atoms with Crippen LogP contribution in [0.4, 0.5) is 19.0 Å². The lowest BCUT2D eigenvalue weighted by atomic mass is 10.1. The molecule has 2 saturated heterocycles. The van der Waals surface area contributed by atoms with E-state index in [-0.39, 0.29) is 17.8 Å². The number of halogens is 3. The summed E-state index contributed by atoms with van der Waals surface area (Å²) >= 11 is 0. The van der Waals surface area contributed by atoms with Gasteiger partial charge in [-0.15, -0.1) is 0 Å². The van der Waals surface area contributed by atoms with Gasteiger partial charge < -0.3 is 9.80 Å². The lowest BCUT2D eigenvalue weighted by molar-refractivity contribution is -0.141. The number of anilines is 1. The maximum Gasteiger partial charge on any atom is 0.433 e. The van der Waals surface area contributed by atoms with Crippen molar-refractivity contribution in [2.75, 3.05) is 44.2 Å². The van der Waals surface area contributed by atoms with Gasteiger partial charge >= 0.3 is 6.18 Å². The molecule has 6 nitrogen and oxygen atoms in total. The van der Waals surface area contributed by atoms with Crippen molar-refractivity contribution in [3.05, 3.63) is 53.0 Å². The number of carbonyl (C=O) groups excluding carboxylic acids is 1. The summed E-state index contributed by atoms with van der Waals surface area (Å²) in [4.78, 5) is 26.6. The lowest BCUT2D eigenvalue weighted by Gasteiger charge is -2.38. The largest absolute Gasteiger partial charge is 0.433 e. The van der Waals surface area contributed by atoms with Gasteiger partial charge in [0.05, 0.1) is 0 Å². The summed E-state index contributed by atoms with van der Waals surface area (Å²) in [6, 6.07) is 8.87. The van der Waals surface area contributed by atoms with Crippen LogP contribution in [-0.4, -0.2) is 71.0 Å². The Morgan fingerprint density at radius 1 is 1.00 bits per heavy atom. The summed E-state index contributed by atoms with van der Waals surface area (Å²) in [7, 11) is 0. The standard InChI is InChI=1S/C22H26F3N5O/c1-15-3-5-17(6-4-15)21(31)29-11-9-28(10-12-29)18-7-8-30(14-18)20-13-19(22(23,24)25)26-16(2)27-20/h3-6,13,18H,7-12,14H2,1-2H3/t18-/m0/s1. The van der Waals surface area contributed by atoms with Gasteiger partial charge in [0.2, 0.25) is 0 Å². The van der Waals surface area contributed by atoms with Crippen molar-refractivity contribution in [3.8, 4) is 0 Å². The molecule has 0 radical (unpaired) electrons. The average molecular weight is 433 g/mol. The van der Waals surface area contributed by atoms with Crippen molar-refractivity contribution in [2.24, 2.45) is 0 Å². The lowest BCUT2D eigenvalue weighted by Crippen LogP contribution is -2.52. The van der Waals surface area contributed by atoms with Crippen LogP contribution in [0.25, 0.3) is 0 Å². The summed E-state index contributed by atoms with van der Waals surface area (Å²) in [5, 5.41) is 0. The van der Waals surface area contributed by atoms with Gasteiger partial charge in [-0.05, 0) is 32.4 Å². The molecule has 4 rings (SSSR count). The number of hydrogen-bond donors (Lipinski definition) is 0. The van der Waals surface area contributed by atoms with Crippen molar-refractivity contribution in [2.45, 2.75) is 32.5 Å². The minimum atomic E-state index is -4.48. The summed E-state index contributed by atoms with van der Waals surface area (Å²) < 4.78 is 39.3. The Hall–Kier alpha value is -2.68. The molecule has 1 aromatic heterocycles. The number of carbonyl (C=O) groups is 1. The van der Waals surface area contributed by atoms with Gasteiger partial charge in [-0.2, -0.15) is 13.2 Å². The van der Waals surface area contributed by atoms with E-state index in [9.17, 15) is 18.0 Å². The van der Waals surface area contributed by atoms with Crippen LogP contribution in [0.15, 0.2) is 30.3 Å². The van der Waals surface area contributed by atoms with Gasteiger partial charge in [-0.1, -0.05) is 17.7 Å². The summed E-state index contributed by atoms with van der Waals surface area (Å²) in [6.45, 7) is 7.56. The molecular weight excluding hydrogens is 407 g/mol. The van der Waals surface area contributed by atoms with Gasteiger partial charge in [0.15, 0.2) is 0 Å². The Morgan fingerprint density at radius 3 is 2.32 bits per heavy atom. The fourth-order valence-electron chi connectivity index (χ4n) is 4.28. The monoisotopic (exact) mass is 433 g/mol. The second-order valence-electron chi connectivity index (χ2n) is 8.24. The smallest absolute Gasteiger partial charge is 0.355 e. The molecule has 2 aliphatic rings. The zero-order chi connectivity index (χ0) is 22.2. The number of hydrogen-bond acceptors (Lipinski definition) is 5. The molecule has 0 aliphatic carbocycles. The molecule has 2 aliphatic heterocycles. The van der Waals surface area contributed by atoms with Crippen LogP contribution in [0.2, 0.25) is 0 Å². The molecule has 0 N–H and O–H groups in total. The molecule has 0 unspecified atom stereocenters. The first kappa shape index (κ1) is 21.5. The SMILES string of the molecule is Cc1ccc(C(=O)N2CCN([C@H]3CCN(c4cc(C(F)(F)F)nc(C)n4)C3)CC2)cc1. The molecular formula is C22H26F3N5O. The van der Waals surface area contributed by atoms with E-state index in [1.165, 1.54) is 6.92 Å². The minimum absolute atomic E-state index is 0.0452. The van der Waals surface area contributed by atoms with Crippen LogP contribution in [0.1, 0.15) is 33.9 Å². The molecule has 9 heteroatoms. The Morgan fingerprint density at radius 2 is 1.68 bits per heavy atom.